The molecule has 1 aliphatic heterocycles. The number of amides is 1. The van der Waals surface area contributed by atoms with E-state index >= 15 is 0 Å². The summed E-state index contributed by atoms with van der Waals surface area (Å²) < 4.78 is 52.8. The Morgan fingerprint density at radius 3 is 2.48 bits per heavy atom. The lowest BCUT2D eigenvalue weighted by molar-refractivity contribution is 0.0989. The quantitative estimate of drug-likeness (QED) is 0.646. The molecule has 1 aliphatic rings. The molecule has 0 aromatic heterocycles. The van der Waals surface area contributed by atoms with Gasteiger partial charge in [-0.1, -0.05) is 30.3 Å². The molecule has 7 heteroatoms. The van der Waals surface area contributed by atoms with Gasteiger partial charge in [0.2, 0.25) is 0 Å². The Morgan fingerprint density at radius 2 is 1.72 bits per heavy atom. The molecule has 29 heavy (non-hydrogen) atoms. The first-order valence-corrected chi connectivity index (χ1v) is 10.7. The van der Waals surface area contributed by atoms with Crippen molar-refractivity contribution >= 4 is 21.4 Å². The number of halogens is 2. The van der Waals surface area contributed by atoms with Crippen LogP contribution in [0.3, 0.4) is 0 Å². The molecule has 0 aliphatic carbocycles. The molecular weight excluding hydrogens is 396 g/mol. The fraction of sp³-hybridized carbons (Fsp3) is 0.136. The third kappa shape index (κ3) is 3.78. The molecule has 0 N–H and O–H groups in total. The monoisotopic (exact) mass is 413 g/mol. The molecule has 0 spiro atoms. The van der Waals surface area contributed by atoms with Crippen molar-refractivity contribution in [1.29, 1.82) is 0 Å². The number of hydrogen-bond acceptors (Lipinski definition) is 3. The Morgan fingerprint density at radius 1 is 0.966 bits per heavy atom. The highest BCUT2D eigenvalue weighted by atomic mass is 32.2. The topological polar surface area (TPSA) is 54.5 Å². The number of benzene rings is 3. The van der Waals surface area contributed by atoms with Crippen LogP contribution in [0.1, 0.15) is 21.5 Å². The first kappa shape index (κ1) is 19.3. The Balaban J connectivity index is 1.61. The zero-order valence-electron chi connectivity index (χ0n) is 15.3. The fourth-order valence-electron chi connectivity index (χ4n) is 3.51. The van der Waals surface area contributed by atoms with Crippen LogP contribution in [0, 0.1) is 11.6 Å². The van der Waals surface area contributed by atoms with E-state index < -0.39 is 27.4 Å². The molecule has 0 radical (unpaired) electrons. The van der Waals surface area contributed by atoms with Gasteiger partial charge in [-0.15, -0.1) is 0 Å². The zero-order chi connectivity index (χ0) is 20.6. The summed E-state index contributed by atoms with van der Waals surface area (Å²) in [5.74, 6) is -2.09. The fourth-order valence-corrected chi connectivity index (χ4v) is 4.87. The van der Waals surface area contributed by atoms with E-state index in [1.165, 1.54) is 23.1 Å². The first-order valence-electron chi connectivity index (χ1n) is 9.02. The maximum atomic E-state index is 14.0. The second kappa shape index (κ2) is 7.40. The Labute approximate surface area is 167 Å². The van der Waals surface area contributed by atoms with Gasteiger partial charge >= 0.3 is 0 Å². The minimum atomic E-state index is -3.56. The second-order valence-corrected chi connectivity index (χ2v) is 8.85. The maximum Gasteiger partial charge on any atom is 0.258 e. The van der Waals surface area contributed by atoms with Crippen LogP contribution in [0.2, 0.25) is 0 Å². The standard InChI is InChI=1S/C22H17F2NO3S/c23-17-12-20(24)19-9-10-25(21(19)13-17)22(26)16-6-4-5-15(11-16)14-29(27,28)18-7-2-1-3-8-18/h1-8,11-13H,9-10,14H2. The van der Waals surface area contributed by atoms with Crippen molar-refractivity contribution in [1.82, 2.24) is 0 Å². The minimum Gasteiger partial charge on any atom is -0.308 e. The third-order valence-corrected chi connectivity index (χ3v) is 6.59. The van der Waals surface area contributed by atoms with E-state index in [4.69, 9.17) is 0 Å². The predicted molar refractivity (Wildman–Crippen MR) is 106 cm³/mol. The summed E-state index contributed by atoms with van der Waals surface area (Å²) in [5.41, 5.74) is 1.25. The van der Waals surface area contributed by atoms with Crippen molar-refractivity contribution in [2.24, 2.45) is 0 Å². The normalized spacial score (nSPS) is 13.4. The van der Waals surface area contributed by atoms with Gasteiger partial charge in [-0.2, -0.15) is 0 Å². The molecule has 4 rings (SSSR count). The molecule has 0 saturated carbocycles. The SMILES string of the molecule is O=C(c1cccc(CS(=O)(=O)c2ccccc2)c1)N1CCc2c(F)cc(F)cc21. The highest BCUT2D eigenvalue weighted by Gasteiger charge is 2.29. The smallest absolute Gasteiger partial charge is 0.258 e. The molecule has 0 fully saturated rings. The highest BCUT2D eigenvalue weighted by Crippen LogP contribution is 2.32. The van der Waals surface area contributed by atoms with Gasteiger partial charge in [0.15, 0.2) is 9.84 Å². The van der Waals surface area contributed by atoms with Crippen molar-refractivity contribution in [3.8, 4) is 0 Å². The lowest BCUT2D eigenvalue weighted by Crippen LogP contribution is -2.29. The molecule has 3 aromatic carbocycles. The number of carbonyl (C=O) groups is 1. The van der Waals surface area contributed by atoms with Gasteiger partial charge in [0, 0.05) is 23.7 Å². The van der Waals surface area contributed by atoms with Crippen LogP contribution in [0.5, 0.6) is 0 Å². The van der Waals surface area contributed by atoms with Gasteiger partial charge in [0.25, 0.3) is 5.91 Å². The molecule has 0 unspecified atom stereocenters. The van der Waals surface area contributed by atoms with Gasteiger partial charge in [-0.25, -0.2) is 17.2 Å². The van der Waals surface area contributed by atoms with Crippen LogP contribution in [-0.2, 0) is 22.0 Å². The largest absolute Gasteiger partial charge is 0.308 e. The average Bonchev–Trinajstić information content (AvgIpc) is 3.12. The van der Waals surface area contributed by atoms with Gasteiger partial charge in [-0.3, -0.25) is 4.79 Å². The number of fused-ring (bicyclic) bond motifs is 1. The summed E-state index contributed by atoms with van der Waals surface area (Å²) >= 11 is 0. The van der Waals surface area contributed by atoms with Crippen molar-refractivity contribution < 1.29 is 22.0 Å². The van der Waals surface area contributed by atoms with Crippen LogP contribution < -0.4 is 4.90 Å². The molecule has 1 heterocycles. The lowest BCUT2D eigenvalue weighted by Gasteiger charge is -2.18. The summed E-state index contributed by atoms with van der Waals surface area (Å²) in [4.78, 5) is 14.5. The number of rotatable bonds is 4. The number of anilines is 1. The number of sulfone groups is 1. The highest BCUT2D eigenvalue weighted by molar-refractivity contribution is 7.90. The molecule has 0 bridgehead atoms. The summed E-state index contributed by atoms with van der Waals surface area (Å²) in [6.45, 7) is 0.237. The molecule has 3 aromatic rings. The molecule has 148 valence electrons. The van der Waals surface area contributed by atoms with E-state index in [0.717, 1.165) is 12.1 Å². The van der Waals surface area contributed by atoms with Crippen LogP contribution in [0.25, 0.3) is 0 Å². The van der Waals surface area contributed by atoms with Gasteiger partial charge < -0.3 is 4.90 Å². The number of hydrogen-bond donors (Lipinski definition) is 0. The van der Waals surface area contributed by atoms with Crippen molar-refractivity contribution in [2.75, 3.05) is 11.4 Å². The van der Waals surface area contributed by atoms with Gasteiger partial charge in [-0.05, 0) is 42.3 Å². The Hall–Kier alpha value is -3.06. The van der Waals surface area contributed by atoms with E-state index in [-0.39, 0.29) is 28.4 Å². The van der Waals surface area contributed by atoms with E-state index in [9.17, 15) is 22.0 Å². The predicted octanol–water partition coefficient (Wildman–Crippen LogP) is 4.14. The molecule has 1 amide bonds. The summed E-state index contributed by atoms with van der Waals surface area (Å²) in [5, 5.41) is 0. The molecule has 0 saturated heterocycles. The molecule has 0 atom stereocenters. The summed E-state index contributed by atoms with van der Waals surface area (Å²) in [7, 11) is -3.56. The first-order chi connectivity index (χ1) is 13.8. The van der Waals surface area contributed by atoms with Crippen LogP contribution >= 0.6 is 0 Å². The summed E-state index contributed by atoms with van der Waals surface area (Å²) in [6.07, 6.45) is 0.301. The van der Waals surface area contributed by atoms with Crippen LogP contribution in [0.4, 0.5) is 14.5 Å². The summed E-state index contributed by atoms with van der Waals surface area (Å²) in [6, 6.07) is 16.3. The van der Waals surface area contributed by atoms with Crippen molar-refractivity contribution in [3.05, 3.63) is 95.1 Å². The Bertz CT molecular complexity index is 1190. The lowest BCUT2D eigenvalue weighted by atomic mass is 10.1. The van der Waals surface area contributed by atoms with Crippen molar-refractivity contribution in [2.45, 2.75) is 17.1 Å². The van der Waals surface area contributed by atoms with E-state index in [1.807, 2.05) is 0 Å². The molecular formula is C22H17F2NO3S. The average molecular weight is 413 g/mol. The van der Waals surface area contributed by atoms with E-state index in [2.05, 4.69) is 0 Å². The Kier molecular flexibility index (Phi) is 4.92. The molecule has 4 nitrogen and oxygen atoms in total. The number of nitrogens with zero attached hydrogens (tertiary/aromatic N) is 1. The van der Waals surface area contributed by atoms with Crippen LogP contribution in [-0.4, -0.2) is 20.9 Å². The third-order valence-electron chi connectivity index (χ3n) is 4.89. The van der Waals surface area contributed by atoms with E-state index in [1.54, 1.807) is 36.4 Å². The number of carbonyl (C=O) groups excluding carboxylic acids is 1. The van der Waals surface area contributed by atoms with Gasteiger partial charge in [0.1, 0.15) is 11.6 Å². The van der Waals surface area contributed by atoms with Crippen molar-refractivity contribution in [3.63, 3.8) is 0 Å². The zero-order valence-corrected chi connectivity index (χ0v) is 16.1. The van der Waals surface area contributed by atoms with Gasteiger partial charge in [0.05, 0.1) is 16.3 Å². The minimum absolute atomic E-state index is 0.205. The van der Waals surface area contributed by atoms with Crippen LogP contribution in [0.15, 0.2) is 71.6 Å². The maximum absolute atomic E-state index is 14.0. The second-order valence-electron chi connectivity index (χ2n) is 6.86. The van der Waals surface area contributed by atoms with E-state index in [0.29, 0.717) is 17.5 Å².